The van der Waals surface area contributed by atoms with Crippen LogP contribution < -0.4 is 9.47 Å². The highest BCUT2D eigenvalue weighted by atomic mass is 16.6. The summed E-state index contributed by atoms with van der Waals surface area (Å²) in [5, 5.41) is 27.1. The number of amides is 1. The van der Waals surface area contributed by atoms with E-state index in [-0.39, 0.29) is 11.8 Å². The average molecular weight is 431 g/mol. The number of hydrogen-bond acceptors (Lipinski definition) is 7. The molecule has 1 fully saturated rings. The highest BCUT2D eigenvalue weighted by Gasteiger charge is 2.42. The van der Waals surface area contributed by atoms with Crippen molar-refractivity contribution in [3.8, 4) is 17.7 Å². The van der Waals surface area contributed by atoms with Gasteiger partial charge in [0.2, 0.25) is 11.8 Å². The number of carbonyl (C=O) groups is 1. The predicted octanol–water partition coefficient (Wildman–Crippen LogP) is 3.34. The van der Waals surface area contributed by atoms with Crippen LogP contribution in [0.5, 0.6) is 11.6 Å². The van der Waals surface area contributed by atoms with E-state index >= 15 is 0 Å². The number of fused-ring (bicyclic) bond motifs is 2. The molecule has 2 aliphatic rings. The minimum Gasteiger partial charge on any atom is -0.422 e. The van der Waals surface area contributed by atoms with Crippen LogP contribution in [0, 0.1) is 29.6 Å². The molecule has 162 valence electrons. The van der Waals surface area contributed by atoms with E-state index in [1.54, 1.807) is 11.0 Å². The molecule has 2 atom stereocenters. The van der Waals surface area contributed by atoms with Gasteiger partial charge in [-0.15, -0.1) is 5.10 Å². The fraction of sp³-hybridized carbons (Fsp3) is 0.304. The number of nitrogens with one attached hydrogen (secondary N) is 2. The minimum atomic E-state index is -0.898. The summed E-state index contributed by atoms with van der Waals surface area (Å²) in [5.41, 5.74) is 2.08. The van der Waals surface area contributed by atoms with Gasteiger partial charge in [0.15, 0.2) is 0 Å². The van der Waals surface area contributed by atoms with Crippen LogP contribution in [0.1, 0.15) is 22.7 Å². The smallest absolute Gasteiger partial charge is 0.415 e. The van der Waals surface area contributed by atoms with Crippen molar-refractivity contribution in [2.75, 3.05) is 26.3 Å². The van der Waals surface area contributed by atoms with Gasteiger partial charge in [0.25, 0.3) is 0 Å². The van der Waals surface area contributed by atoms with E-state index in [0.717, 1.165) is 16.5 Å². The first-order chi connectivity index (χ1) is 15.6. The van der Waals surface area contributed by atoms with Gasteiger partial charge in [-0.2, -0.15) is 5.26 Å². The lowest BCUT2D eigenvalue weighted by atomic mass is 9.77. The molecule has 5 rings (SSSR count). The Morgan fingerprint density at radius 1 is 1.25 bits per heavy atom. The van der Waals surface area contributed by atoms with Crippen molar-refractivity contribution in [3.05, 3.63) is 53.2 Å². The standard InChI is InChI=1S/C23H21N5O4/c1-13-18-20(16(12-24)21(25)32-22(18)27-26-13)19-15-5-3-2-4-14(15)6-7-17(19)31-23(29)28-8-10-30-11-9-28/h2-7,16,20,25H,8-11H2,1H3,(H,26,27). The van der Waals surface area contributed by atoms with E-state index in [1.807, 2.05) is 37.3 Å². The molecule has 2 unspecified atom stereocenters. The topological polar surface area (TPSA) is 124 Å². The molecule has 9 nitrogen and oxygen atoms in total. The van der Waals surface area contributed by atoms with Crippen molar-refractivity contribution in [2.45, 2.75) is 12.8 Å². The van der Waals surface area contributed by atoms with Crippen LogP contribution in [-0.2, 0) is 4.74 Å². The quantitative estimate of drug-likeness (QED) is 0.641. The van der Waals surface area contributed by atoms with Gasteiger partial charge in [0.05, 0.1) is 19.3 Å². The van der Waals surface area contributed by atoms with E-state index in [4.69, 9.17) is 19.6 Å². The van der Waals surface area contributed by atoms with Gasteiger partial charge < -0.3 is 19.1 Å². The molecule has 1 saturated heterocycles. The maximum atomic E-state index is 12.9. The molecule has 0 saturated carbocycles. The van der Waals surface area contributed by atoms with Crippen molar-refractivity contribution in [2.24, 2.45) is 5.92 Å². The number of nitriles is 1. The molecule has 2 aromatic carbocycles. The lowest BCUT2D eigenvalue weighted by Gasteiger charge is -2.31. The Kier molecular flexibility index (Phi) is 4.99. The van der Waals surface area contributed by atoms with Gasteiger partial charge in [-0.25, -0.2) is 4.79 Å². The van der Waals surface area contributed by atoms with Gasteiger partial charge in [-0.3, -0.25) is 10.5 Å². The van der Waals surface area contributed by atoms with Gasteiger partial charge in [-0.05, 0) is 23.8 Å². The lowest BCUT2D eigenvalue weighted by Crippen LogP contribution is -2.42. The van der Waals surface area contributed by atoms with Crippen LogP contribution in [0.4, 0.5) is 4.79 Å². The van der Waals surface area contributed by atoms with E-state index in [9.17, 15) is 10.1 Å². The van der Waals surface area contributed by atoms with Crippen LogP contribution in [0.25, 0.3) is 10.8 Å². The Labute approximate surface area is 184 Å². The third kappa shape index (κ3) is 3.25. The third-order valence-electron chi connectivity index (χ3n) is 5.94. The van der Waals surface area contributed by atoms with Gasteiger partial charge in [-0.1, -0.05) is 30.3 Å². The monoisotopic (exact) mass is 431 g/mol. The molecule has 2 N–H and O–H groups in total. The average Bonchev–Trinajstić information content (AvgIpc) is 3.18. The number of carbonyl (C=O) groups excluding carboxylic acids is 1. The molecular weight excluding hydrogens is 410 g/mol. The van der Waals surface area contributed by atoms with E-state index in [1.165, 1.54) is 0 Å². The summed E-state index contributed by atoms with van der Waals surface area (Å²) >= 11 is 0. The largest absolute Gasteiger partial charge is 0.422 e. The number of rotatable bonds is 2. The van der Waals surface area contributed by atoms with Crippen molar-refractivity contribution >= 4 is 22.8 Å². The molecule has 2 aliphatic heterocycles. The number of hydrogen-bond donors (Lipinski definition) is 2. The zero-order valence-corrected chi connectivity index (χ0v) is 17.4. The number of H-pyrrole nitrogens is 1. The molecule has 1 aromatic heterocycles. The summed E-state index contributed by atoms with van der Waals surface area (Å²) in [4.78, 5) is 14.5. The fourth-order valence-corrected chi connectivity index (χ4v) is 4.38. The number of benzene rings is 2. The molecule has 0 aliphatic carbocycles. The Hall–Kier alpha value is -3.90. The molecule has 3 heterocycles. The molecule has 1 amide bonds. The number of aromatic nitrogens is 2. The third-order valence-corrected chi connectivity index (χ3v) is 5.94. The summed E-state index contributed by atoms with van der Waals surface area (Å²) in [6.07, 6.45) is -0.468. The Balaban J connectivity index is 1.69. The van der Waals surface area contributed by atoms with Crippen LogP contribution in [0.15, 0.2) is 36.4 Å². The van der Waals surface area contributed by atoms with Crippen molar-refractivity contribution in [1.82, 2.24) is 15.1 Å². The molecule has 0 bridgehead atoms. The molecule has 0 radical (unpaired) electrons. The zero-order chi connectivity index (χ0) is 22.2. The number of morpholine rings is 1. The highest BCUT2D eigenvalue weighted by molar-refractivity contribution is 5.93. The molecule has 32 heavy (non-hydrogen) atoms. The maximum Gasteiger partial charge on any atom is 0.415 e. The summed E-state index contributed by atoms with van der Waals surface area (Å²) in [7, 11) is 0. The van der Waals surface area contributed by atoms with Gasteiger partial charge in [0.1, 0.15) is 11.7 Å². The fourth-order valence-electron chi connectivity index (χ4n) is 4.38. The SMILES string of the molecule is Cc1[nH]nc2c1C(c1c(OC(=O)N3CCOCC3)ccc3ccccc13)C(C#N)C(=N)O2. The molecule has 3 aromatic rings. The molecular formula is C23H21N5O4. The van der Waals surface area contributed by atoms with Crippen LogP contribution in [0.2, 0.25) is 0 Å². The van der Waals surface area contributed by atoms with E-state index < -0.39 is 17.9 Å². The summed E-state index contributed by atoms with van der Waals surface area (Å²) in [6.45, 7) is 3.68. The first-order valence-corrected chi connectivity index (χ1v) is 10.4. The second kappa shape index (κ2) is 7.98. The van der Waals surface area contributed by atoms with E-state index in [0.29, 0.717) is 43.2 Å². The lowest BCUT2D eigenvalue weighted by molar-refractivity contribution is 0.0415. The Morgan fingerprint density at radius 3 is 2.81 bits per heavy atom. The zero-order valence-electron chi connectivity index (χ0n) is 17.4. The van der Waals surface area contributed by atoms with Crippen LogP contribution in [0.3, 0.4) is 0 Å². The van der Waals surface area contributed by atoms with Crippen molar-refractivity contribution in [3.63, 3.8) is 0 Å². The van der Waals surface area contributed by atoms with E-state index in [2.05, 4.69) is 16.3 Å². The normalized spacial score (nSPS) is 20.4. The second-order valence-corrected chi connectivity index (χ2v) is 7.78. The van der Waals surface area contributed by atoms with Gasteiger partial charge in [0, 0.05) is 35.8 Å². The summed E-state index contributed by atoms with van der Waals surface area (Å²) in [5.74, 6) is -1.05. The Bertz CT molecular complexity index is 1250. The maximum absolute atomic E-state index is 12.9. The second-order valence-electron chi connectivity index (χ2n) is 7.78. The van der Waals surface area contributed by atoms with Crippen molar-refractivity contribution in [1.29, 1.82) is 10.7 Å². The molecule has 0 spiro atoms. The summed E-state index contributed by atoms with van der Waals surface area (Å²) in [6, 6.07) is 13.6. The van der Waals surface area contributed by atoms with Crippen molar-refractivity contribution < 1.29 is 19.0 Å². The number of aryl methyl sites for hydroxylation is 1. The number of nitrogens with zero attached hydrogens (tertiary/aromatic N) is 3. The summed E-state index contributed by atoms with van der Waals surface area (Å²) < 4.78 is 16.7. The Morgan fingerprint density at radius 2 is 2.03 bits per heavy atom. The predicted molar refractivity (Wildman–Crippen MR) is 115 cm³/mol. The van der Waals surface area contributed by atoms with Crippen LogP contribution >= 0.6 is 0 Å². The number of ether oxygens (including phenoxy) is 3. The van der Waals surface area contributed by atoms with Crippen LogP contribution in [-0.4, -0.2) is 53.4 Å². The number of aromatic amines is 1. The highest BCUT2D eigenvalue weighted by Crippen LogP contribution is 2.48. The molecule has 9 heteroatoms. The van der Waals surface area contributed by atoms with Gasteiger partial charge >= 0.3 is 6.09 Å². The first-order valence-electron chi connectivity index (χ1n) is 10.4. The minimum absolute atomic E-state index is 0.185. The first kappa shape index (κ1) is 20.0.